The Kier molecular flexibility index (Phi) is 9.88. The predicted octanol–water partition coefficient (Wildman–Crippen LogP) is 6.91. The van der Waals surface area contributed by atoms with Crippen LogP contribution >= 0.6 is 11.6 Å². The van der Waals surface area contributed by atoms with Gasteiger partial charge in [-0.05, 0) is 72.4 Å². The van der Waals surface area contributed by atoms with Crippen molar-refractivity contribution in [1.82, 2.24) is 15.3 Å². The lowest BCUT2D eigenvalue weighted by atomic mass is 9.71. The highest BCUT2D eigenvalue weighted by atomic mass is 35.5. The van der Waals surface area contributed by atoms with Gasteiger partial charge in [-0.25, -0.2) is 0 Å². The summed E-state index contributed by atoms with van der Waals surface area (Å²) in [6.45, 7) is 7.55. The molecule has 2 saturated heterocycles. The molecule has 3 atom stereocenters. The first-order valence-electron chi connectivity index (χ1n) is 15.4. The summed E-state index contributed by atoms with van der Waals surface area (Å²) in [5, 5.41) is 13.1. The maximum Gasteiger partial charge on any atom is 0.429 e. The Bertz CT molecular complexity index is 1550. The molecule has 2 aliphatic rings. The number of carbonyl (C=O) groups is 1. The summed E-state index contributed by atoms with van der Waals surface area (Å²) in [6.07, 6.45) is -4.50. The maximum absolute atomic E-state index is 14.7. The van der Waals surface area contributed by atoms with Crippen molar-refractivity contribution < 1.29 is 32.5 Å². The van der Waals surface area contributed by atoms with E-state index in [1.165, 1.54) is 24.3 Å². The van der Waals surface area contributed by atoms with E-state index in [0.717, 1.165) is 6.42 Å². The van der Waals surface area contributed by atoms with Gasteiger partial charge < -0.3 is 30.5 Å². The fraction of sp³-hybridized carbons (Fsp3) is 0.485. The average Bonchev–Trinajstić information content (AvgIpc) is 3.36. The van der Waals surface area contributed by atoms with Gasteiger partial charge in [0.15, 0.2) is 0 Å². The van der Waals surface area contributed by atoms with E-state index in [4.69, 9.17) is 26.8 Å². The van der Waals surface area contributed by atoms with Crippen LogP contribution in [0.25, 0.3) is 11.1 Å². The fourth-order valence-electron chi connectivity index (χ4n) is 6.57. The smallest absolute Gasteiger partial charge is 0.429 e. The Labute approximate surface area is 271 Å². The first-order chi connectivity index (χ1) is 21.8. The fourth-order valence-corrected chi connectivity index (χ4v) is 6.75. The van der Waals surface area contributed by atoms with Gasteiger partial charge in [-0.2, -0.15) is 23.1 Å². The average molecular weight is 662 g/mol. The second-order valence-electron chi connectivity index (χ2n) is 12.5. The van der Waals surface area contributed by atoms with Crippen LogP contribution in [0.4, 0.5) is 24.9 Å². The minimum absolute atomic E-state index is 0.0636. The third kappa shape index (κ3) is 7.44. The van der Waals surface area contributed by atoms with Crippen molar-refractivity contribution in [3.05, 3.63) is 59.1 Å². The highest BCUT2D eigenvalue weighted by Crippen LogP contribution is 2.46. The quantitative estimate of drug-likeness (QED) is 0.213. The number of carboxylic acid groups (broad SMARTS) is 1. The van der Waals surface area contributed by atoms with Crippen LogP contribution in [0, 0.1) is 11.3 Å². The summed E-state index contributed by atoms with van der Waals surface area (Å²) in [4.78, 5) is 21.9. The number of aromatic nitrogens is 2. The molecule has 2 aliphatic heterocycles. The number of benzene rings is 2. The highest BCUT2D eigenvalue weighted by molar-refractivity contribution is 6.30. The summed E-state index contributed by atoms with van der Waals surface area (Å²) in [5.74, 6) is -0.270. The summed E-state index contributed by atoms with van der Waals surface area (Å²) in [6, 6.07) is 11.8. The number of halogens is 4. The zero-order valence-corrected chi connectivity index (χ0v) is 26.7. The van der Waals surface area contributed by atoms with Crippen molar-refractivity contribution in [1.29, 1.82) is 0 Å². The molecule has 1 aromatic heterocycles. The molecule has 3 aromatic rings. The second kappa shape index (κ2) is 13.5. The molecule has 1 spiro atoms. The number of nitrogen functional groups attached to an aromatic ring is 1. The van der Waals surface area contributed by atoms with Crippen molar-refractivity contribution in [2.24, 2.45) is 11.3 Å². The highest BCUT2D eigenvalue weighted by Gasteiger charge is 2.50. The molecule has 248 valence electrons. The van der Waals surface area contributed by atoms with Crippen LogP contribution in [0.5, 0.6) is 11.6 Å². The topological polar surface area (TPSA) is 123 Å². The summed E-state index contributed by atoms with van der Waals surface area (Å²) < 4.78 is 55.7. The third-order valence-corrected chi connectivity index (χ3v) is 9.05. The van der Waals surface area contributed by atoms with Gasteiger partial charge in [0.25, 0.3) is 0 Å². The van der Waals surface area contributed by atoms with Gasteiger partial charge in [0.1, 0.15) is 17.6 Å². The number of hydrogen-bond acceptors (Lipinski definition) is 8. The molecule has 2 fully saturated rings. The number of carboxylic acids is 1. The number of anilines is 2. The Balaban J connectivity index is 1.41. The molecule has 0 bridgehead atoms. The van der Waals surface area contributed by atoms with E-state index < -0.39 is 24.3 Å². The van der Waals surface area contributed by atoms with E-state index >= 15 is 0 Å². The zero-order valence-electron chi connectivity index (χ0n) is 26.0. The molecule has 2 unspecified atom stereocenters. The minimum atomic E-state index is -4.82. The SMILES string of the molecule is CCC1NC(C(=O)O)CC12CCN(c1cc(O[C@H](c3ccc(Cl)cc3-c3cccc(OCC(C)C)c3)C(F)(F)F)nc(N)n1)CC2. The van der Waals surface area contributed by atoms with Crippen LogP contribution in [-0.4, -0.2) is 59.0 Å². The molecule has 13 heteroatoms. The van der Waals surface area contributed by atoms with Crippen molar-refractivity contribution in [3.8, 4) is 22.8 Å². The van der Waals surface area contributed by atoms with Gasteiger partial charge in [-0.3, -0.25) is 4.79 Å². The summed E-state index contributed by atoms with van der Waals surface area (Å²) in [5.41, 5.74) is 6.38. The Morgan fingerprint density at radius 3 is 2.57 bits per heavy atom. The van der Waals surface area contributed by atoms with Crippen LogP contribution in [-0.2, 0) is 4.79 Å². The molecular weight excluding hydrogens is 623 g/mol. The van der Waals surface area contributed by atoms with Gasteiger partial charge in [0.05, 0.1) is 6.61 Å². The lowest BCUT2D eigenvalue weighted by Gasteiger charge is -2.43. The van der Waals surface area contributed by atoms with Crippen molar-refractivity contribution in [2.45, 2.75) is 70.8 Å². The molecule has 0 saturated carbocycles. The van der Waals surface area contributed by atoms with E-state index in [-0.39, 0.29) is 45.4 Å². The maximum atomic E-state index is 14.7. The molecule has 5 rings (SSSR count). The summed E-state index contributed by atoms with van der Waals surface area (Å²) >= 11 is 6.27. The van der Waals surface area contributed by atoms with Crippen LogP contribution in [0.2, 0.25) is 5.02 Å². The zero-order chi connectivity index (χ0) is 33.2. The standard InChI is InChI=1S/C33H39ClF3N5O4/c1-4-26-32(17-25(39-26)30(43)44)10-12-42(13-11-32)27-16-28(41-31(38)40-27)46-29(33(35,36)37)23-9-8-21(34)15-24(23)20-6-5-7-22(14-20)45-18-19(2)3/h5-9,14-16,19,25-26,29,39H,4,10-13,17-18H2,1-3H3,(H,43,44)(H2,38,40,41)/t25?,26?,29-/m1/s1. The van der Waals surface area contributed by atoms with Gasteiger partial charge in [-0.1, -0.05) is 50.6 Å². The van der Waals surface area contributed by atoms with Crippen molar-refractivity contribution in [2.75, 3.05) is 30.3 Å². The van der Waals surface area contributed by atoms with Gasteiger partial charge in [-0.15, -0.1) is 0 Å². The van der Waals surface area contributed by atoms with Gasteiger partial charge >= 0.3 is 12.1 Å². The Morgan fingerprint density at radius 1 is 1.17 bits per heavy atom. The first-order valence-corrected chi connectivity index (χ1v) is 15.8. The van der Waals surface area contributed by atoms with E-state index in [1.807, 2.05) is 25.7 Å². The van der Waals surface area contributed by atoms with Gasteiger partial charge in [0, 0.05) is 35.8 Å². The molecular formula is C33H39ClF3N5O4. The number of nitrogens with zero attached hydrogens (tertiary/aromatic N) is 3. The van der Waals surface area contributed by atoms with E-state index in [9.17, 15) is 23.1 Å². The number of hydrogen-bond donors (Lipinski definition) is 3. The van der Waals surface area contributed by atoms with E-state index in [1.54, 1.807) is 24.3 Å². The molecule has 4 N–H and O–H groups in total. The van der Waals surface area contributed by atoms with Crippen LogP contribution in [0.3, 0.4) is 0 Å². The molecule has 0 aliphatic carbocycles. The van der Waals surface area contributed by atoms with E-state index in [0.29, 0.717) is 56.1 Å². The largest absolute Gasteiger partial charge is 0.493 e. The molecule has 0 radical (unpaired) electrons. The number of rotatable bonds is 10. The lowest BCUT2D eigenvalue weighted by molar-refractivity contribution is -0.198. The Hall–Kier alpha value is -3.77. The van der Waals surface area contributed by atoms with Crippen molar-refractivity contribution in [3.63, 3.8) is 0 Å². The number of nitrogens with two attached hydrogens (primary N) is 1. The van der Waals surface area contributed by atoms with Crippen LogP contribution < -0.4 is 25.4 Å². The number of piperidine rings is 1. The molecule has 3 heterocycles. The summed E-state index contributed by atoms with van der Waals surface area (Å²) in [7, 11) is 0. The van der Waals surface area contributed by atoms with E-state index in [2.05, 4.69) is 15.3 Å². The lowest BCUT2D eigenvalue weighted by Crippen LogP contribution is -2.46. The molecule has 46 heavy (non-hydrogen) atoms. The third-order valence-electron chi connectivity index (χ3n) is 8.81. The molecule has 9 nitrogen and oxygen atoms in total. The van der Waals surface area contributed by atoms with Crippen LogP contribution in [0.1, 0.15) is 58.1 Å². The van der Waals surface area contributed by atoms with Crippen LogP contribution in [0.15, 0.2) is 48.5 Å². The molecule has 0 amide bonds. The number of ether oxygens (including phenoxy) is 2. The minimum Gasteiger partial charge on any atom is -0.493 e. The number of aliphatic carboxylic acids is 1. The van der Waals surface area contributed by atoms with Gasteiger partial charge in [0.2, 0.25) is 17.9 Å². The number of alkyl halides is 3. The Morgan fingerprint density at radius 2 is 1.91 bits per heavy atom. The first kappa shape index (κ1) is 33.6. The predicted molar refractivity (Wildman–Crippen MR) is 170 cm³/mol. The second-order valence-corrected chi connectivity index (χ2v) is 12.9. The van der Waals surface area contributed by atoms with Crippen molar-refractivity contribution >= 4 is 29.3 Å². The molecule has 2 aromatic carbocycles. The monoisotopic (exact) mass is 661 g/mol. The normalized spacial score (nSPS) is 20.2. The number of nitrogens with one attached hydrogen (secondary N) is 1.